The molecule has 2 aromatic carbocycles. The fourth-order valence-corrected chi connectivity index (χ4v) is 9.23. The minimum Gasteiger partial charge on any atom is 0 e. The molecule has 248 valence electrons. The molecule has 8 nitrogen and oxygen atoms in total. The summed E-state index contributed by atoms with van der Waals surface area (Å²) < 4.78 is 51.8. The SMILES string of the molecule is CC(C)(C)CC(=O)[C@H]1CC[C@@H]1[C]=[C]CO[Si](c1ccccc1)(c1ccccc1)C(C)(C)C.[C-]#[O+].[C-]#[O+].[C-]#[O+].[C-]#[O+].[C-]#[O+].[C-]#[O+].[Co].[Co]. The van der Waals surface area contributed by atoms with Gasteiger partial charge < -0.3 is 4.43 Å². The van der Waals surface area contributed by atoms with Gasteiger partial charge in [0, 0.05) is 45.9 Å². The maximum atomic E-state index is 12.7. The molecule has 0 saturated heterocycles. The Bertz CT molecular complexity index is 1100. The zero-order valence-electron chi connectivity index (χ0n) is 26.7. The molecule has 11 heteroatoms. The van der Waals surface area contributed by atoms with Gasteiger partial charge in [0.1, 0.15) is 5.78 Å². The van der Waals surface area contributed by atoms with Crippen molar-refractivity contribution in [3.8, 4) is 0 Å². The first-order valence-electron chi connectivity index (χ1n) is 13.0. The van der Waals surface area contributed by atoms with Crippen LogP contribution in [0, 0.1) is 69.3 Å². The maximum absolute atomic E-state index is 12.7. The summed E-state index contributed by atoms with van der Waals surface area (Å²) in [5, 5.41) is 2.48. The van der Waals surface area contributed by atoms with Gasteiger partial charge >= 0.3 is 67.8 Å². The Hall–Kier alpha value is -2.52. The molecule has 2 atom stereocenters. The Morgan fingerprint density at radius 1 is 0.717 bits per heavy atom. The van der Waals surface area contributed by atoms with Crippen LogP contribution in [0.2, 0.25) is 5.04 Å². The third-order valence-electron chi connectivity index (χ3n) is 6.46. The number of ketones is 1. The molecule has 0 heterocycles. The van der Waals surface area contributed by atoms with Gasteiger partial charge in [-0.3, -0.25) is 4.79 Å². The van der Waals surface area contributed by atoms with E-state index < -0.39 is 8.32 Å². The number of hydrogen-bond acceptors (Lipinski definition) is 2. The predicted molar refractivity (Wildman–Crippen MR) is 159 cm³/mol. The third kappa shape index (κ3) is 18.6. The molecule has 1 aliphatic carbocycles. The molecule has 1 fully saturated rings. The van der Waals surface area contributed by atoms with E-state index in [1.165, 1.54) is 10.4 Å². The Kier molecular flexibility index (Phi) is 39.4. The molecule has 3 rings (SSSR count). The van der Waals surface area contributed by atoms with Crippen molar-refractivity contribution in [2.45, 2.75) is 65.8 Å². The largest absolute Gasteiger partial charge is 0 e. The van der Waals surface area contributed by atoms with E-state index in [1.54, 1.807) is 0 Å². The zero-order valence-corrected chi connectivity index (χ0v) is 29.8. The molecule has 0 amide bonds. The van der Waals surface area contributed by atoms with E-state index in [0.29, 0.717) is 18.8 Å². The van der Waals surface area contributed by atoms with Crippen molar-refractivity contribution in [2.24, 2.45) is 17.3 Å². The number of rotatable bonds is 8. The summed E-state index contributed by atoms with van der Waals surface area (Å²) >= 11 is 0. The van der Waals surface area contributed by atoms with Crippen molar-refractivity contribution in [3.05, 3.63) is 113 Å². The molecule has 1 aliphatic rings. The molecule has 0 aliphatic heterocycles. The van der Waals surface area contributed by atoms with E-state index in [4.69, 9.17) is 32.3 Å². The summed E-state index contributed by atoms with van der Waals surface area (Å²) in [6.45, 7) is 40.6. The number of carbonyl (C=O) groups is 1. The quantitative estimate of drug-likeness (QED) is 0.200. The molecular weight excluding hydrogens is 694 g/mol. The van der Waals surface area contributed by atoms with Crippen LogP contribution < -0.4 is 10.4 Å². The van der Waals surface area contributed by atoms with Gasteiger partial charge in [-0.25, -0.2) is 0 Å². The molecule has 4 radical (unpaired) electrons. The minimum atomic E-state index is -2.55. The topological polar surface area (TPSA) is 146 Å². The van der Waals surface area contributed by atoms with Crippen molar-refractivity contribution >= 4 is 24.5 Å². The standard InChI is InChI=1S/C29H38O2Si.6CO.2Co/c1-28(2,3)22-27(30)26-20-19-23(26)14-13-21-31-32(29(4,5)6,24-15-9-7-10-16-24)25-17-11-8-12-18-25;6*1-2;;/h7-12,15-18,23,26H,19-22H2,1-6H3;;;;;;;;/t23-,26-;;;;;;;;/m0......../s1. The first-order valence-corrected chi connectivity index (χ1v) is 14.9. The van der Waals surface area contributed by atoms with Gasteiger partial charge in [-0.1, -0.05) is 102 Å². The Labute approximate surface area is 296 Å². The average molecular weight is 733 g/mol. The van der Waals surface area contributed by atoms with Gasteiger partial charge in [0.05, 0.1) is 6.61 Å². The van der Waals surface area contributed by atoms with E-state index in [9.17, 15) is 4.79 Å². The van der Waals surface area contributed by atoms with Crippen LogP contribution in [-0.4, -0.2) is 20.7 Å². The normalized spacial score (nSPS) is 14.0. The van der Waals surface area contributed by atoms with Crippen molar-refractivity contribution in [1.82, 2.24) is 0 Å². The van der Waals surface area contributed by atoms with Crippen molar-refractivity contribution < 1.29 is 70.7 Å². The molecule has 0 N–H and O–H groups in total. The zero-order chi connectivity index (χ0) is 35.4. The van der Waals surface area contributed by atoms with E-state index in [1.807, 2.05) is 0 Å². The van der Waals surface area contributed by atoms with Gasteiger partial charge in [0.15, 0.2) is 0 Å². The van der Waals surface area contributed by atoms with Crippen LogP contribution >= 0.6 is 0 Å². The first kappa shape index (κ1) is 55.9. The van der Waals surface area contributed by atoms with Crippen LogP contribution in [0.5, 0.6) is 0 Å². The fourth-order valence-electron chi connectivity index (χ4n) is 4.79. The van der Waals surface area contributed by atoms with Crippen LogP contribution in [0.15, 0.2) is 60.7 Å². The van der Waals surface area contributed by atoms with Gasteiger partial charge in [0.25, 0.3) is 8.32 Å². The number of hydrogen-bond donors (Lipinski definition) is 0. The predicted octanol–water partition coefficient (Wildman–Crippen LogP) is 5.53. The van der Waals surface area contributed by atoms with Crippen molar-refractivity contribution in [2.75, 3.05) is 6.61 Å². The second-order valence-electron chi connectivity index (χ2n) is 11.3. The number of Topliss-reactive ketones (excluding diaryl/α,β-unsaturated/α-hetero) is 1. The van der Waals surface area contributed by atoms with Crippen LogP contribution in [0.3, 0.4) is 0 Å². The average Bonchev–Trinajstić information content (AvgIpc) is 3.03. The molecular formula is C35H38Co2O8Si. The van der Waals surface area contributed by atoms with Gasteiger partial charge in [-0.2, -0.15) is 0 Å². The maximum Gasteiger partial charge on any atom is 0 e. The second kappa shape index (κ2) is 32.4. The molecule has 0 unspecified atom stereocenters. The van der Waals surface area contributed by atoms with E-state index >= 15 is 0 Å². The Morgan fingerprint density at radius 3 is 1.37 bits per heavy atom. The Balaban J connectivity index is -0.000000256. The molecule has 0 bridgehead atoms. The molecule has 2 aromatic rings. The van der Waals surface area contributed by atoms with Crippen LogP contribution in [0.1, 0.15) is 60.8 Å². The fraction of sp³-hybridized carbons (Fsp3) is 0.400. The van der Waals surface area contributed by atoms with Crippen LogP contribution in [0.4, 0.5) is 0 Å². The van der Waals surface area contributed by atoms with Gasteiger partial charge in [-0.05, 0) is 51.7 Å². The van der Waals surface area contributed by atoms with E-state index in [0.717, 1.165) is 12.8 Å². The summed E-state index contributed by atoms with van der Waals surface area (Å²) in [5.41, 5.74) is 0.0387. The van der Waals surface area contributed by atoms with Crippen LogP contribution in [0.25, 0.3) is 0 Å². The first-order chi connectivity index (χ1) is 21.0. The molecule has 0 spiro atoms. The van der Waals surface area contributed by atoms with Crippen LogP contribution in [-0.2, 0) is 70.7 Å². The minimum absolute atomic E-state index is 0. The summed E-state index contributed by atoms with van der Waals surface area (Å²) in [6.07, 6.45) is 9.33. The monoisotopic (exact) mass is 732 g/mol. The Morgan fingerprint density at radius 2 is 1.09 bits per heavy atom. The van der Waals surface area contributed by atoms with Crippen molar-refractivity contribution in [1.29, 1.82) is 0 Å². The smallest absolute Gasteiger partial charge is 0 e. The van der Waals surface area contributed by atoms with Gasteiger partial charge in [-0.15, -0.1) is 0 Å². The summed E-state index contributed by atoms with van der Waals surface area (Å²) in [7, 11) is -2.55. The summed E-state index contributed by atoms with van der Waals surface area (Å²) in [5.74, 6) is 0.665. The number of benzene rings is 2. The van der Waals surface area contributed by atoms with Gasteiger partial charge in [0.2, 0.25) is 0 Å². The molecule has 1 saturated carbocycles. The summed E-state index contributed by atoms with van der Waals surface area (Å²) in [6, 6.07) is 21.3. The summed E-state index contributed by atoms with van der Waals surface area (Å²) in [4.78, 5) is 12.7. The molecule has 0 aromatic heterocycles. The number of carbonyl (C=O) groups excluding carboxylic acids is 1. The van der Waals surface area contributed by atoms with E-state index in [-0.39, 0.29) is 55.8 Å². The second-order valence-corrected chi connectivity index (χ2v) is 15.6. The number of allylic oxidation sites excluding steroid dienone is 1. The molecule has 46 heavy (non-hydrogen) atoms. The third-order valence-corrected chi connectivity index (χ3v) is 11.4. The van der Waals surface area contributed by atoms with Crippen molar-refractivity contribution in [3.63, 3.8) is 0 Å². The van der Waals surface area contributed by atoms with E-state index in [2.05, 4.69) is 154 Å².